The van der Waals surface area contributed by atoms with Gasteiger partial charge in [0, 0.05) is 4.47 Å². The van der Waals surface area contributed by atoms with Crippen LogP contribution in [0.2, 0.25) is 0 Å². The third-order valence-corrected chi connectivity index (χ3v) is 2.29. The van der Waals surface area contributed by atoms with E-state index in [9.17, 15) is 4.79 Å². The van der Waals surface area contributed by atoms with Crippen LogP contribution in [-0.4, -0.2) is 18.8 Å². The van der Waals surface area contributed by atoms with Crippen molar-refractivity contribution in [2.45, 2.75) is 26.4 Å². The van der Waals surface area contributed by atoms with Gasteiger partial charge in [0.25, 0.3) is 0 Å². The first-order valence-electron chi connectivity index (χ1n) is 5.15. The van der Waals surface area contributed by atoms with Crippen molar-refractivity contribution >= 4 is 27.7 Å². The van der Waals surface area contributed by atoms with Crippen LogP contribution >= 0.6 is 15.9 Å². The van der Waals surface area contributed by atoms with Crippen LogP contribution in [0, 0.1) is 0 Å². The second-order valence-corrected chi connectivity index (χ2v) is 5.39. The molecular formula is C12H16BrNO3. The molecule has 0 unspecified atom stereocenters. The predicted octanol–water partition coefficient (Wildman–Crippen LogP) is 3.80. The lowest BCUT2D eigenvalue weighted by Gasteiger charge is -2.20. The Morgan fingerprint density at radius 3 is 2.53 bits per heavy atom. The lowest BCUT2D eigenvalue weighted by Crippen LogP contribution is -2.27. The van der Waals surface area contributed by atoms with Gasteiger partial charge in [0.2, 0.25) is 0 Å². The van der Waals surface area contributed by atoms with Crippen LogP contribution in [0.15, 0.2) is 22.7 Å². The SMILES string of the molecule is COc1cc(Br)ccc1NC(=O)OC(C)(C)C. The van der Waals surface area contributed by atoms with Crippen LogP contribution in [0.1, 0.15) is 20.8 Å². The van der Waals surface area contributed by atoms with E-state index in [0.717, 1.165) is 4.47 Å². The van der Waals surface area contributed by atoms with Crippen molar-refractivity contribution in [2.24, 2.45) is 0 Å². The molecule has 0 aliphatic rings. The third-order valence-electron chi connectivity index (χ3n) is 1.80. The molecule has 1 aromatic carbocycles. The quantitative estimate of drug-likeness (QED) is 0.903. The Kier molecular flexibility index (Phi) is 4.40. The monoisotopic (exact) mass is 301 g/mol. The van der Waals surface area contributed by atoms with Crippen molar-refractivity contribution in [3.8, 4) is 5.75 Å². The summed E-state index contributed by atoms with van der Waals surface area (Å²) in [5, 5.41) is 2.64. The van der Waals surface area contributed by atoms with Gasteiger partial charge in [-0.15, -0.1) is 0 Å². The summed E-state index contributed by atoms with van der Waals surface area (Å²) in [6.45, 7) is 5.43. The molecule has 0 atom stereocenters. The Morgan fingerprint density at radius 2 is 2.00 bits per heavy atom. The van der Waals surface area contributed by atoms with Crippen molar-refractivity contribution in [1.29, 1.82) is 0 Å². The average Bonchev–Trinajstić information content (AvgIpc) is 2.17. The van der Waals surface area contributed by atoms with Crippen LogP contribution in [0.4, 0.5) is 10.5 Å². The highest BCUT2D eigenvalue weighted by atomic mass is 79.9. The lowest BCUT2D eigenvalue weighted by molar-refractivity contribution is 0.0635. The van der Waals surface area contributed by atoms with Crippen molar-refractivity contribution in [3.05, 3.63) is 22.7 Å². The molecule has 0 aliphatic heterocycles. The maximum absolute atomic E-state index is 11.6. The molecule has 0 aromatic heterocycles. The smallest absolute Gasteiger partial charge is 0.412 e. The fraction of sp³-hybridized carbons (Fsp3) is 0.417. The summed E-state index contributed by atoms with van der Waals surface area (Å²) in [7, 11) is 1.54. The Bertz CT molecular complexity index is 413. The molecule has 4 nitrogen and oxygen atoms in total. The molecule has 0 aliphatic carbocycles. The number of halogens is 1. The third kappa shape index (κ3) is 4.65. The van der Waals surface area contributed by atoms with Gasteiger partial charge in [0.15, 0.2) is 0 Å². The molecule has 1 rings (SSSR count). The molecule has 0 fully saturated rings. The molecule has 1 amide bonds. The van der Waals surface area contributed by atoms with Gasteiger partial charge in [-0.3, -0.25) is 5.32 Å². The van der Waals surface area contributed by atoms with E-state index in [1.165, 1.54) is 0 Å². The molecule has 17 heavy (non-hydrogen) atoms. The van der Waals surface area contributed by atoms with Crippen molar-refractivity contribution in [3.63, 3.8) is 0 Å². The van der Waals surface area contributed by atoms with Crippen molar-refractivity contribution in [2.75, 3.05) is 12.4 Å². The molecule has 0 radical (unpaired) electrons. The first-order chi connectivity index (χ1) is 7.81. The van der Waals surface area contributed by atoms with E-state index in [1.807, 2.05) is 26.8 Å². The summed E-state index contributed by atoms with van der Waals surface area (Å²) in [5.74, 6) is 0.574. The van der Waals surface area contributed by atoms with Gasteiger partial charge in [0.05, 0.1) is 12.8 Å². The lowest BCUT2D eigenvalue weighted by atomic mass is 10.2. The molecule has 0 spiro atoms. The van der Waals surface area contributed by atoms with E-state index < -0.39 is 11.7 Å². The zero-order valence-corrected chi connectivity index (χ0v) is 11.9. The minimum Gasteiger partial charge on any atom is -0.495 e. The molecule has 0 bridgehead atoms. The molecule has 1 N–H and O–H groups in total. The van der Waals surface area contributed by atoms with E-state index in [2.05, 4.69) is 21.2 Å². The number of benzene rings is 1. The average molecular weight is 302 g/mol. The standard InChI is InChI=1S/C12H16BrNO3/c1-12(2,3)17-11(15)14-9-6-5-8(13)7-10(9)16-4/h5-7H,1-4H3,(H,14,15). The van der Waals surface area contributed by atoms with E-state index in [4.69, 9.17) is 9.47 Å². The number of ether oxygens (including phenoxy) is 2. The van der Waals surface area contributed by atoms with Gasteiger partial charge in [-0.25, -0.2) is 4.79 Å². The van der Waals surface area contributed by atoms with Crippen molar-refractivity contribution < 1.29 is 14.3 Å². The molecule has 0 heterocycles. The molecule has 1 aromatic rings. The number of carbonyl (C=O) groups is 1. The Morgan fingerprint density at radius 1 is 1.35 bits per heavy atom. The van der Waals surface area contributed by atoms with Gasteiger partial charge >= 0.3 is 6.09 Å². The molecule has 0 saturated heterocycles. The summed E-state index contributed by atoms with van der Waals surface area (Å²) in [5.41, 5.74) is 0.0529. The van der Waals surface area contributed by atoms with Gasteiger partial charge in [0.1, 0.15) is 11.4 Å². The highest BCUT2D eigenvalue weighted by Gasteiger charge is 2.17. The maximum atomic E-state index is 11.6. The van der Waals surface area contributed by atoms with Crippen LogP contribution in [0.3, 0.4) is 0 Å². The number of hydrogen-bond donors (Lipinski definition) is 1. The minimum absolute atomic E-state index is 0.502. The fourth-order valence-corrected chi connectivity index (χ4v) is 1.52. The topological polar surface area (TPSA) is 47.6 Å². The van der Waals surface area contributed by atoms with Crippen molar-refractivity contribution in [1.82, 2.24) is 0 Å². The van der Waals surface area contributed by atoms with E-state index in [0.29, 0.717) is 11.4 Å². The predicted molar refractivity (Wildman–Crippen MR) is 70.6 cm³/mol. The zero-order valence-electron chi connectivity index (χ0n) is 10.3. The van der Waals surface area contributed by atoms with Gasteiger partial charge in [-0.05, 0) is 39.0 Å². The van der Waals surface area contributed by atoms with Crippen LogP contribution in [0.5, 0.6) is 5.75 Å². The van der Waals surface area contributed by atoms with Gasteiger partial charge in [-0.1, -0.05) is 15.9 Å². The Hall–Kier alpha value is -1.23. The van der Waals surface area contributed by atoms with Crippen LogP contribution in [-0.2, 0) is 4.74 Å². The minimum atomic E-state index is -0.521. The number of amides is 1. The second kappa shape index (κ2) is 5.40. The number of carbonyl (C=O) groups excluding carboxylic acids is 1. The first-order valence-corrected chi connectivity index (χ1v) is 5.94. The highest BCUT2D eigenvalue weighted by Crippen LogP contribution is 2.28. The largest absolute Gasteiger partial charge is 0.495 e. The van der Waals surface area contributed by atoms with Crippen LogP contribution < -0.4 is 10.1 Å². The summed E-state index contributed by atoms with van der Waals surface area (Å²) in [4.78, 5) is 11.6. The number of nitrogens with one attached hydrogen (secondary N) is 1. The number of rotatable bonds is 2. The molecule has 0 saturated carbocycles. The maximum Gasteiger partial charge on any atom is 0.412 e. The van der Waals surface area contributed by atoms with Gasteiger partial charge < -0.3 is 9.47 Å². The fourth-order valence-electron chi connectivity index (χ4n) is 1.18. The van der Waals surface area contributed by atoms with E-state index in [1.54, 1.807) is 19.2 Å². The Balaban J connectivity index is 2.78. The van der Waals surface area contributed by atoms with E-state index in [-0.39, 0.29) is 0 Å². The number of methoxy groups -OCH3 is 1. The normalized spacial score (nSPS) is 10.9. The zero-order chi connectivity index (χ0) is 13.1. The van der Waals surface area contributed by atoms with E-state index >= 15 is 0 Å². The van der Waals surface area contributed by atoms with Crippen LogP contribution in [0.25, 0.3) is 0 Å². The summed E-state index contributed by atoms with van der Waals surface area (Å²) in [6.07, 6.45) is -0.502. The highest BCUT2D eigenvalue weighted by molar-refractivity contribution is 9.10. The summed E-state index contributed by atoms with van der Waals surface area (Å²) < 4.78 is 11.2. The first kappa shape index (κ1) is 13.8. The molecule has 5 heteroatoms. The summed E-state index contributed by atoms with van der Waals surface area (Å²) >= 11 is 3.33. The molecular weight excluding hydrogens is 286 g/mol. The van der Waals surface area contributed by atoms with Gasteiger partial charge in [-0.2, -0.15) is 0 Å². The Labute approximate surface area is 109 Å². The summed E-state index contributed by atoms with van der Waals surface area (Å²) in [6, 6.07) is 5.33. The number of anilines is 1. The molecule has 94 valence electrons. The number of hydrogen-bond acceptors (Lipinski definition) is 3. The second-order valence-electron chi connectivity index (χ2n) is 4.47.